The van der Waals surface area contributed by atoms with Crippen molar-refractivity contribution in [3.05, 3.63) is 0 Å². The Hall–Kier alpha value is 2.15. The van der Waals surface area contributed by atoms with Gasteiger partial charge in [-0.1, -0.05) is 0 Å². The molecule has 2 N–H and O–H groups in total. The molecule has 0 spiro atoms. The Morgan fingerprint density at radius 2 is 2.29 bits per heavy atom. The number of halogens is 3. The second-order valence-electron chi connectivity index (χ2n) is 1.05. The molecule has 0 aromatic rings. The van der Waals surface area contributed by atoms with Crippen LogP contribution in [-0.2, 0) is 0 Å². The van der Waals surface area contributed by atoms with Gasteiger partial charge in [-0.3, -0.25) is 0 Å². The van der Waals surface area contributed by atoms with Crippen LogP contribution in [0.2, 0.25) is 0 Å². The van der Waals surface area contributed by atoms with Crippen molar-refractivity contribution in [1.82, 2.24) is 0 Å². The second-order valence-corrected chi connectivity index (χ2v) is 10.1. The predicted octanol–water partition coefficient (Wildman–Crippen LogP) is -1.46. The minimum atomic E-state index is 0.415. The third-order valence-corrected chi connectivity index (χ3v) is 13.7. The van der Waals surface area contributed by atoms with E-state index in [1.165, 1.54) is 6.42 Å². The minimum absolute atomic E-state index is 0.415. The van der Waals surface area contributed by atoms with Crippen LogP contribution in [-0.4, -0.2) is 8.48 Å². The SMILES string of the molecule is NCCC(I)[I-]I. The van der Waals surface area contributed by atoms with Gasteiger partial charge in [-0.25, -0.2) is 0 Å². The van der Waals surface area contributed by atoms with Crippen LogP contribution in [0.25, 0.3) is 0 Å². The number of hydrogen-bond donors (Lipinski definition) is 1. The maximum absolute atomic E-state index is 5.31. The number of nitrogens with two attached hydrogens (primary N) is 1. The van der Waals surface area contributed by atoms with E-state index in [1.807, 2.05) is 0 Å². The van der Waals surface area contributed by atoms with E-state index in [2.05, 4.69) is 41.2 Å². The predicted molar refractivity (Wildman–Crippen MR) is 45.5 cm³/mol. The van der Waals surface area contributed by atoms with Crippen molar-refractivity contribution < 1.29 is 17.2 Å². The summed E-state index contributed by atoms with van der Waals surface area (Å²) in [5, 5.41) is 0. The molecule has 4 heteroatoms. The summed E-state index contributed by atoms with van der Waals surface area (Å²) in [7, 11) is 0. The Balaban J connectivity index is 2.83. The van der Waals surface area contributed by atoms with E-state index < -0.39 is 0 Å². The Bertz CT molecular complexity index is 41.2. The third-order valence-electron chi connectivity index (χ3n) is 0.474. The van der Waals surface area contributed by atoms with Crippen molar-refractivity contribution in [3.63, 3.8) is 0 Å². The van der Waals surface area contributed by atoms with Crippen molar-refractivity contribution in [2.75, 3.05) is 6.54 Å². The summed E-state index contributed by atoms with van der Waals surface area (Å²) in [6.07, 6.45) is 1.21. The molecule has 0 rings (SSSR count). The van der Waals surface area contributed by atoms with E-state index >= 15 is 0 Å². The Kier molecular flexibility index (Phi) is 8.20. The van der Waals surface area contributed by atoms with Crippen molar-refractivity contribution in [2.45, 2.75) is 8.35 Å². The van der Waals surface area contributed by atoms with Crippen molar-refractivity contribution >= 4 is 41.2 Å². The van der Waals surface area contributed by atoms with Gasteiger partial charge < -0.3 is 0 Å². The van der Waals surface area contributed by atoms with Crippen LogP contribution in [0, 0.1) is 0 Å². The Morgan fingerprint density at radius 3 is 2.43 bits per heavy atom. The normalized spacial score (nSPS) is 14.7. The summed E-state index contributed by atoms with van der Waals surface area (Å²) in [5.74, 6) is 0. The summed E-state index contributed by atoms with van der Waals surface area (Å²) >= 11 is 5.37. The number of rotatable bonds is 3. The first kappa shape index (κ1) is 9.15. The summed E-state index contributed by atoms with van der Waals surface area (Å²) in [6, 6.07) is 0. The zero-order valence-electron chi connectivity index (χ0n) is 3.70. The fraction of sp³-hybridized carbons (Fsp3) is 1.00. The molecule has 0 aliphatic heterocycles. The second kappa shape index (κ2) is 6.27. The van der Waals surface area contributed by atoms with Gasteiger partial charge in [0.25, 0.3) is 0 Å². The first-order chi connectivity index (χ1) is 3.31. The molecule has 0 aliphatic rings. The monoisotopic (exact) mass is 438 g/mol. The summed E-state index contributed by atoms with van der Waals surface area (Å²) in [5.41, 5.74) is 5.31. The number of hydrogen-bond acceptors (Lipinski definition) is 1. The molecule has 0 bridgehead atoms. The van der Waals surface area contributed by atoms with E-state index in [9.17, 15) is 0 Å². The summed E-state index contributed by atoms with van der Waals surface area (Å²) < 4.78 is 0.891. The molecule has 0 aromatic carbocycles. The molecule has 0 amide bonds. The van der Waals surface area contributed by atoms with Gasteiger partial charge in [0, 0.05) is 0 Å². The Morgan fingerprint density at radius 1 is 1.71 bits per heavy atom. The molecular weight excluding hydrogens is 431 g/mol. The van der Waals surface area contributed by atoms with Crippen molar-refractivity contribution in [2.24, 2.45) is 5.73 Å². The van der Waals surface area contributed by atoms with Crippen LogP contribution in [0.4, 0.5) is 0 Å². The van der Waals surface area contributed by atoms with E-state index in [1.54, 1.807) is 0 Å². The zero-order valence-corrected chi connectivity index (χ0v) is 10.2. The van der Waals surface area contributed by atoms with Gasteiger partial charge in [-0.15, -0.1) is 0 Å². The van der Waals surface area contributed by atoms with Crippen LogP contribution in [0.5, 0.6) is 0 Å². The van der Waals surface area contributed by atoms with Crippen LogP contribution in [0.1, 0.15) is 6.42 Å². The van der Waals surface area contributed by atoms with E-state index in [0.717, 1.165) is 8.48 Å². The van der Waals surface area contributed by atoms with Crippen LogP contribution in [0.15, 0.2) is 0 Å². The zero-order chi connectivity index (χ0) is 5.70. The van der Waals surface area contributed by atoms with Gasteiger partial charge >= 0.3 is 79.1 Å². The topological polar surface area (TPSA) is 26.0 Å². The fourth-order valence-electron chi connectivity index (χ4n) is 0.167. The van der Waals surface area contributed by atoms with E-state index in [0.29, 0.717) is 17.2 Å². The standard InChI is InChI=1S/C3H7I3N/c4-3(6-5)1-2-7/h3H,1-2,7H2/q-1. The molecular formula is C3H7I3N-. The van der Waals surface area contributed by atoms with Gasteiger partial charge in [-0.2, -0.15) is 0 Å². The molecule has 0 heterocycles. The van der Waals surface area contributed by atoms with Crippen LogP contribution in [0.3, 0.4) is 0 Å². The van der Waals surface area contributed by atoms with E-state index in [4.69, 9.17) is 5.73 Å². The molecule has 0 aromatic heterocycles. The van der Waals surface area contributed by atoms with Gasteiger partial charge in [0.1, 0.15) is 0 Å². The number of alkyl halides is 2. The average molecular weight is 438 g/mol. The third kappa shape index (κ3) is 6.03. The molecule has 1 nitrogen and oxygen atoms in total. The fourth-order valence-corrected chi connectivity index (χ4v) is 2.70. The molecule has 0 radical (unpaired) electrons. The maximum atomic E-state index is 5.31. The molecule has 0 saturated carbocycles. The average Bonchev–Trinajstić information content (AvgIpc) is 1.68. The summed E-state index contributed by atoms with van der Waals surface area (Å²) in [4.78, 5) is 0. The van der Waals surface area contributed by atoms with Gasteiger partial charge in [0.2, 0.25) is 0 Å². The van der Waals surface area contributed by atoms with Crippen molar-refractivity contribution in [1.29, 1.82) is 0 Å². The van der Waals surface area contributed by atoms with Crippen LogP contribution >= 0.6 is 41.2 Å². The van der Waals surface area contributed by atoms with Crippen molar-refractivity contribution in [3.8, 4) is 0 Å². The molecule has 0 fully saturated rings. The molecule has 1 unspecified atom stereocenters. The Labute approximate surface area is 77.8 Å². The molecule has 7 heavy (non-hydrogen) atoms. The molecule has 0 aliphatic carbocycles. The molecule has 0 saturated heterocycles. The quantitative estimate of drug-likeness (QED) is 0.424. The van der Waals surface area contributed by atoms with Crippen LogP contribution < -0.4 is 23.0 Å². The molecule has 46 valence electrons. The first-order valence-electron chi connectivity index (χ1n) is 1.90. The first-order valence-corrected chi connectivity index (χ1v) is 10.7. The summed E-state index contributed by atoms with van der Waals surface area (Å²) in [6.45, 7) is 0.857. The van der Waals surface area contributed by atoms with Gasteiger partial charge in [-0.05, 0) is 0 Å². The van der Waals surface area contributed by atoms with Gasteiger partial charge in [0.15, 0.2) is 0 Å². The van der Waals surface area contributed by atoms with E-state index in [-0.39, 0.29) is 0 Å². The molecule has 1 atom stereocenters. The van der Waals surface area contributed by atoms with Gasteiger partial charge in [0.05, 0.1) is 0 Å².